The number of nitrogens with zero attached hydrogens (tertiary/aromatic N) is 3. The number of aryl methyl sites for hydroxylation is 1. The normalized spacial score (nSPS) is 9.78. The summed E-state index contributed by atoms with van der Waals surface area (Å²) in [7, 11) is 0. The zero-order valence-electron chi connectivity index (χ0n) is 10.2. The van der Waals surface area contributed by atoms with E-state index < -0.39 is 0 Å². The Labute approximate surface area is 106 Å². The lowest BCUT2D eigenvalue weighted by molar-refractivity contribution is 0.994. The van der Waals surface area contributed by atoms with Crippen molar-refractivity contribution < 1.29 is 0 Å². The highest BCUT2D eigenvalue weighted by Crippen LogP contribution is 2.06. The summed E-state index contributed by atoms with van der Waals surface area (Å²) in [5.74, 6) is 0. The first-order chi connectivity index (χ1) is 8.78. The molecule has 0 radical (unpaired) electrons. The highest BCUT2D eigenvalue weighted by Gasteiger charge is 1.96. The van der Waals surface area contributed by atoms with Crippen molar-refractivity contribution >= 4 is 5.69 Å². The minimum atomic E-state index is 0.434. The summed E-state index contributed by atoms with van der Waals surface area (Å²) >= 11 is 0. The van der Waals surface area contributed by atoms with E-state index in [1.54, 1.807) is 12.3 Å². The van der Waals surface area contributed by atoms with Crippen molar-refractivity contribution in [2.24, 2.45) is 0 Å². The largest absolute Gasteiger partial charge is 0.383 e. The highest BCUT2D eigenvalue weighted by molar-refractivity contribution is 5.42. The Kier molecular flexibility index (Phi) is 3.87. The maximum atomic E-state index is 8.64. The number of hydrogen-bond donors (Lipinski definition) is 1. The molecule has 0 saturated carbocycles. The van der Waals surface area contributed by atoms with Crippen LogP contribution in [0.1, 0.15) is 17.0 Å². The van der Waals surface area contributed by atoms with Crippen LogP contribution in [0.25, 0.3) is 0 Å². The van der Waals surface area contributed by atoms with Gasteiger partial charge in [-0.25, -0.2) is 4.98 Å². The summed E-state index contributed by atoms with van der Waals surface area (Å²) < 4.78 is 0. The van der Waals surface area contributed by atoms with Crippen LogP contribution < -0.4 is 5.32 Å². The molecule has 2 aromatic rings. The first-order valence-corrected chi connectivity index (χ1v) is 5.79. The smallest absolute Gasteiger partial charge is 0.140 e. The molecule has 0 aliphatic heterocycles. The van der Waals surface area contributed by atoms with Gasteiger partial charge in [-0.05, 0) is 37.1 Å². The Morgan fingerprint density at radius 2 is 2.06 bits per heavy atom. The van der Waals surface area contributed by atoms with Crippen molar-refractivity contribution in [1.29, 1.82) is 5.26 Å². The Morgan fingerprint density at radius 1 is 1.17 bits per heavy atom. The summed E-state index contributed by atoms with van der Waals surface area (Å²) in [6.07, 6.45) is 4.48. The molecule has 0 aliphatic carbocycles. The van der Waals surface area contributed by atoms with E-state index in [0.717, 1.165) is 24.3 Å². The maximum Gasteiger partial charge on any atom is 0.140 e. The van der Waals surface area contributed by atoms with Crippen LogP contribution in [-0.4, -0.2) is 16.5 Å². The molecule has 0 spiro atoms. The van der Waals surface area contributed by atoms with Gasteiger partial charge >= 0.3 is 0 Å². The average molecular weight is 238 g/mol. The van der Waals surface area contributed by atoms with Crippen molar-refractivity contribution in [3.8, 4) is 6.07 Å². The van der Waals surface area contributed by atoms with Gasteiger partial charge in [0.2, 0.25) is 0 Å². The van der Waals surface area contributed by atoms with Gasteiger partial charge in [-0.1, -0.05) is 6.07 Å². The number of rotatable bonds is 4. The van der Waals surface area contributed by atoms with Gasteiger partial charge in [0.05, 0.1) is 11.9 Å². The molecule has 2 aromatic heterocycles. The van der Waals surface area contributed by atoms with Crippen LogP contribution >= 0.6 is 0 Å². The zero-order valence-corrected chi connectivity index (χ0v) is 10.2. The van der Waals surface area contributed by atoms with Crippen LogP contribution in [0.15, 0.2) is 36.7 Å². The first-order valence-electron chi connectivity index (χ1n) is 5.79. The number of hydrogen-bond acceptors (Lipinski definition) is 4. The van der Waals surface area contributed by atoms with E-state index in [0.29, 0.717) is 5.69 Å². The van der Waals surface area contributed by atoms with Crippen LogP contribution in [0.3, 0.4) is 0 Å². The van der Waals surface area contributed by atoms with Crippen molar-refractivity contribution in [3.05, 3.63) is 53.6 Å². The van der Waals surface area contributed by atoms with Gasteiger partial charge in [0.1, 0.15) is 11.8 Å². The Morgan fingerprint density at radius 3 is 2.67 bits per heavy atom. The molecule has 1 N–H and O–H groups in total. The molecule has 0 atom stereocenters. The molecule has 0 aromatic carbocycles. The fourth-order valence-corrected chi connectivity index (χ4v) is 1.56. The summed E-state index contributed by atoms with van der Waals surface area (Å²) in [6.45, 7) is 2.79. The number of pyridine rings is 2. The summed E-state index contributed by atoms with van der Waals surface area (Å²) in [6, 6.07) is 9.66. The molecular formula is C14H14N4. The number of anilines is 1. The third-order valence-corrected chi connectivity index (χ3v) is 2.59. The molecular weight excluding hydrogens is 224 g/mol. The van der Waals surface area contributed by atoms with Crippen LogP contribution in [0.5, 0.6) is 0 Å². The topological polar surface area (TPSA) is 61.6 Å². The van der Waals surface area contributed by atoms with E-state index in [9.17, 15) is 0 Å². The second kappa shape index (κ2) is 5.78. The molecule has 18 heavy (non-hydrogen) atoms. The van der Waals surface area contributed by atoms with E-state index in [1.807, 2.05) is 31.3 Å². The van der Waals surface area contributed by atoms with Crippen LogP contribution in [0, 0.1) is 18.3 Å². The van der Waals surface area contributed by atoms with Gasteiger partial charge < -0.3 is 5.32 Å². The minimum Gasteiger partial charge on any atom is -0.383 e. The molecule has 4 nitrogen and oxygen atoms in total. The summed E-state index contributed by atoms with van der Waals surface area (Å²) in [5.41, 5.74) is 3.59. The molecule has 0 saturated heterocycles. The Balaban J connectivity index is 1.84. The van der Waals surface area contributed by atoms with Crippen LogP contribution in [-0.2, 0) is 6.42 Å². The van der Waals surface area contributed by atoms with Crippen LogP contribution in [0.4, 0.5) is 5.69 Å². The molecule has 0 bridgehead atoms. The number of aromatic nitrogens is 2. The van der Waals surface area contributed by atoms with E-state index >= 15 is 0 Å². The lowest BCUT2D eigenvalue weighted by Gasteiger charge is -2.05. The van der Waals surface area contributed by atoms with Crippen LogP contribution in [0.2, 0.25) is 0 Å². The van der Waals surface area contributed by atoms with Gasteiger partial charge in [-0.15, -0.1) is 0 Å². The SMILES string of the molecule is Cc1ccc(CCNc2ccc(C#N)nc2)cn1. The standard InChI is InChI=1S/C14H14N4/c1-11-2-3-12(9-17-11)6-7-16-14-5-4-13(8-15)18-10-14/h2-5,9-10,16H,6-7H2,1H3. The average Bonchev–Trinajstić information content (AvgIpc) is 2.42. The lowest BCUT2D eigenvalue weighted by atomic mass is 10.2. The maximum absolute atomic E-state index is 8.64. The second-order valence-corrected chi connectivity index (χ2v) is 4.03. The van der Waals surface area contributed by atoms with Crippen molar-refractivity contribution in [2.45, 2.75) is 13.3 Å². The lowest BCUT2D eigenvalue weighted by Crippen LogP contribution is -2.05. The molecule has 2 heterocycles. The van der Waals surface area contributed by atoms with Gasteiger partial charge in [0.25, 0.3) is 0 Å². The molecule has 0 fully saturated rings. The van der Waals surface area contributed by atoms with Crippen molar-refractivity contribution in [3.63, 3.8) is 0 Å². The number of nitriles is 1. The second-order valence-electron chi connectivity index (χ2n) is 4.03. The molecule has 0 unspecified atom stereocenters. The molecule has 4 heteroatoms. The molecule has 2 rings (SSSR count). The summed E-state index contributed by atoms with van der Waals surface area (Å²) in [5, 5.41) is 11.9. The molecule has 0 aliphatic rings. The predicted octanol–water partition coefficient (Wildman–Crippen LogP) is 2.31. The fourth-order valence-electron chi connectivity index (χ4n) is 1.56. The van der Waals surface area contributed by atoms with Gasteiger partial charge in [-0.2, -0.15) is 5.26 Å². The third kappa shape index (κ3) is 3.29. The third-order valence-electron chi connectivity index (χ3n) is 2.59. The predicted molar refractivity (Wildman–Crippen MR) is 70.1 cm³/mol. The van der Waals surface area contributed by atoms with Crippen molar-refractivity contribution in [1.82, 2.24) is 9.97 Å². The van der Waals surface area contributed by atoms with E-state index in [1.165, 1.54) is 5.56 Å². The van der Waals surface area contributed by atoms with E-state index in [4.69, 9.17) is 5.26 Å². The van der Waals surface area contributed by atoms with E-state index in [2.05, 4.69) is 21.4 Å². The number of nitrogens with one attached hydrogen (secondary N) is 1. The monoisotopic (exact) mass is 238 g/mol. The zero-order chi connectivity index (χ0) is 12.8. The quantitative estimate of drug-likeness (QED) is 0.887. The molecule has 90 valence electrons. The van der Waals surface area contributed by atoms with Gasteiger partial charge in [-0.3, -0.25) is 4.98 Å². The Bertz CT molecular complexity index is 538. The van der Waals surface area contributed by atoms with Gasteiger partial charge in [0, 0.05) is 18.4 Å². The Hall–Kier alpha value is -2.41. The fraction of sp³-hybridized carbons (Fsp3) is 0.214. The van der Waals surface area contributed by atoms with E-state index in [-0.39, 0.29) is 0 Å². The van der Waals surface area contributed by atoms with Gasteiger partial charge in [0.15, 0.2) is 0 Å². The summed E-state index contributed by atoms with van der Waals surface area (Å²) in [4.78, 5) is 8.25. The minimum absolute atomic E-state index is 0.434. The van der Waals surface area contributed by atoms with Crippen molar-refractivity contribution in [2.75, 3.05) is 11.9 Å². The highest BCUT2D eigenvalue weighted by atomic mass is 14.9. The molecule has 0 amide bonds. The first kappa shape index (κ1) is 12.1.